The van der Waals surface area contributed by atoms with Crippen LogP contribution in [0.1, 0.15) is 31.4 Å². The summed E-state index contributed by atoms with van der Waals surface area (Å²) in [5.41, 5.74) is 11.2. The Kier molecular flexibility index (Phi) is 2.58. The number of H-pyrrole nitrogens is 1. The number of benzene rings is 1. The zero-order valence-corrected chi connectivity index (χ0v) is 9.17. The Morgan fingerprint density at radius 2 is 2.13 bits per heavy atom. The molecule has 15 heavy (non-hydrogen) atoms. The number of nitrogens with one attached hydrogen (secondary N) is 1. The van der Waals surface area contributed by atoms with E-state index in [2.05, 4.69) is 29.3 Å². The number of aryl methyl sites for hydroxylation is 2. The minimum atomic E-state index is 0.890. The third-order valence-corrected chi connectivity index (χ3v) is 2.72. The Labute approximate surface area is 88.9 Å². The largest absolute Gasteiger partial charge is 0.398 e. The van der Waals surface area contributed by atoms with Gasteiger partial charge in [0.15, 0.2) is 0 Å². The molecule has 0 radical (unpaired) electrons. The summed E-state index contributed by atoms with van der Waals surface area (Å²) in [6.45, 7) is 4.24. The van der Waals surface area contributed by atoms with Gasteiger partial charge in [-0.3, -0.25) is 0 Å². The number of nitrogen functional groups attached to an aromatic ring is 1. The van der Waals surface area contributed by atoms with Gasteiger partial charge in [-0.1, -0.05) is 20.3 Å². The van der Waals surface area contributed by atoms with Crippen molar-refractivity contribution < 1.29 is 0 Å². The lowest BCUT2D eigenvalue weighted by Gasteiger charge is -2.09. The summed E-state index contributed by atoms with van der Waals surface area (Å²) < 4.78 is 0. The third-order valence-electron chi connectivity index (χ3n) is 2.72. The third kappa shape index (κ3) is 1.56. The Morgan fingerprint density at radius 1 is 1.33 bits per heavy atom. The van der Waals surface area contributed by atoms with Crippen LogP contribution in [0.25, 0.3) is 11.0 Å². The number of fused-ring (bicyclic) bond motifs is 1. The molecular formula is C11H16N4. The SMILES string of the molecule is CCCc1cc2n[nH]nc2c(CC)c1N. The van der Waals surface area contributed by atoms with Crippen molar-refractivity contribution in [1.29, 1.82) is 0 Å². The van der Waals surface area contributed by atoms with Gasteiger partial charge >= 0.3 is 0 Å². The van der Waals surface area contributed by atoms with E-state index in [-0.39, 0.29) is 0 Å². The molecule has 0 saturated heterocycles. The number of rotatable bonds is 3. The van der Waals surface area contributed by atoms with Crippen LogP contribution in [0.2, 0.25) is 0 Å². The molecule has 0 unspecified atom stereocenters. The fraction of sp³-hybridized carbons (Fsp3) is 0.455. The van der Waals surface area contributed by atoms with Crippen molar-refractivity contribution in [3.8, 4) is 0 Å². The van der Waals surface area contributed by atoms with Crippen molar-refractivity contribution in [2.45, 2.75) is 33.1 Å². The van der Waals surface area contributed by atoms with E-state index in [1.807, 2.05) is 6.07 Å². The standard InChI is InChI=1S/C11H16N4/c1-3-5-7-6-9-11(14-15-13-9)8(4-2)10(7)12/h6H,3-5,12H2,1-2H3,(H,13,14,15). The van der Waals surface area contributed by atoms with E-state index in [1.54, 1.807) is 0 Å². The minimum Gasteiger partial charge on any atom is -0.398 e. The first-order valence-electron chi connectivity index (χ1n) is 5.38. The quantitative estimate of drug-likeness (QED) is 0.752. The average molecular weight is 204 g/mol. The van der Waals surface area contributed by atoms with Crippen LogP contribution in [-0.2, 0) is 12.8 Å². The lowest BCUT2D eigenvalue weighted by atomic mass is 10.0. The molecule has 2 aromatic rings. The molecule has 1 aromatic carbocycles. The van der Waals surface area contributed by atoms with Crippen molar-refractivity contribution >= 4 is 16.7 Å². The second kappa shape index (κ2) is 3.88. The van der Waals surface area contributed by atoms with Crippen LogP contribution >= 0.6 is 0 Å². The molecule has 0 aliphatic rings. The summed E-state index contributed by atoms with van der Waals surface area (Å²) in [6, 6.07) is 2.04. The predicted molar refractivity (Wildman–Crippen MR) is 61.7 cm³/mol. The Balaban J connectivity index is 2.67. The molecule has 4 heteroatoms. The van der Waals surface area contributed by atoms with Gasteiger partial charge in [0.25, 0.3) is 0 Å². The summed E-state index contributed by atoms with van der Waals surface area (Å²) in [5.74, 6) is 0. The first-order chi connectivity index (χ1) is 7.27. The first-order valence-corrected chi connectivity index (χ1v) is 5.38. The van der Waals surface area contributed by atoms with Crippen LogP contribution in [0, 0.1) is 0 Å². The van der Waals surface area contributed by atoms with E-state index in [0.29, 0.717) is 0 Å². The maximum Gasteiger partial charge on any atom is 0.118 e. The van der Waals surface area contributed by atoms with Crippen molar-refractivity contribution in [2.75, 3.05) is 5.73 Å². The van der Waals surface area contributed by atoms with E-state index in [4.69, 9.17) is 5.73 Å². The van der Waals surface area contributed by atoms with Crippen LogP contribution in [0.4, 0.5) is 5.69 Å². The zero-order chi connectivity index (χ0) is 10.8. The van der Waals surface area contributed by atoms with E-state index < -0.39 is 0 Å². The van der Waals surface area contributed by atoms with Crippen LogP contribution < -0.4 is 5.73 Å². The van der Waals surface area contributed by atoms with Crippen molar-refractivity contribution in [3.05, 3.63) is 17.2 Å². The topological polar surface area (TPSA) is 67.6 Å². The number of nitrogens with two attached hydrogens (primary N) is 1. The highest BCUT2D eigenvalue weighted by molar-refractivity contribution is 5.84. The molecule has 0 aliphatic carbocycles. The van der Waals surface area contributed by atoms with Crippen molar-refractivity contribution in [3.63, 3.8) is 0 Å². The number of hydrogen-bond donors (Lipinski definition) is 2. The van der Waals surface area contributed by atoms with E-state index in [1.165, 1.54) is 5.56 Å². The molecule has 0 fully saturated rings. The van der Waals surface area contributed by atoms with Gasteiger partial charge in [0.1, 0.15) is 11.0 Å². The highest BCUT2D eigenvalue weighted by Crippen LogP contribution is 2.26. The Morgan fingerprint density at radius 3 is 2.80 bits per heavy atom. The van der Waals surface area contributed by atoms with Crippen LogP contribution in [0.5, 0.6) is 0 Å². The van der Waals surface area contributed by atoms with Gasteiger partial charge in [0.2, 0.25) is 0 Å². The number of aromatic nitrogens is 3. The molecule has 0 aliphatic heterocycles. The maximum absolute atomic E-state index is 6.12. The Hall–Kier alpha value is -1.58. The first kappa shape index (κ1) is 9.96. The predicted octanol–water partition coefficient (Wildman–Crippen LogP) is 2.06. The van der Waals surface area contributed by atoms with Crippen molar-refractivity contribution in [1.82, 2.24) is 15.4 Å². The molecule has 3 N–H and O–H groups in total. The minimum absolute atomic E-state index is 0.890. The second-order valence-electron chi connectivity index (χ2n) is 3.72. The fourth-order valence-corrected chi connectivity index (χ4v) is 1.96. The van der Waals surface area contributed by atoms with Crippen molar-refractivity contribution in [2.24, 2.45) is 0 Å². The van der Waals surface area contributed by atoms with Gasteiger partial charge in [-0.2, -0.15) is 15.4 Å². The fourth-order valence-electron chi connectivity index (χ4n) is 1.96. The summed E-state index contributed by atoms with van der Waals surface area (Å²) in [7, 11) is 0. The lowest BCUT2D eigenvalue weighted by molar-refractivity contribution is 0.922. The molecule has 0 bridgehead atoms. The van der Waals surface area contributed by atoms with E-state index in [0.717, 1.165) is 41.5 Å². The molecule has 2 rings (SSSR count). The van der Waals surface area contributed by atoms with Gasteiger partial charge < -0.3 is 5.73 Å². The molecule has 0 saturated carbocycles. The number of aromatic amines is 1. The average Bonchev–Trinajstić information content (AvgIpc) is 2.67. The van der Waals surface area contributed by atoms with Crippen LogP contribution in [-0.4, -0.2) is 15.4 Å². The summed E-state index contributed by atoms with van der Waals surface area (Å²) in [5, 5.41) is 10.9. The lowest BCUT2D eigenvalue weighted by Crippen LogP contribution is -2.00. The second-order valence-corrected chi connectivity index (χ2v) is 3.72. The smallest absolute Gasteiger partial charge is 0.118 e. The molecular weight excluding hydrogens is 188 g/mol. The van der Waals surface area contributed by atoms with Gasteiger partial charge in [-0.15, -0.1) is 0 Å². The van der Waals surface area contributed by atoms with Crippen LogP contribution in [0.3, 0.4) is 0 Å². The molecule has 0 spiro atoms. The van der Waals surface area contributed by atoms with Gasteiger partial charge in [-0.25, -0.2) is 0 Å². The normalized spacial score (nSPS) is 11.1. The monoisotopic (exact) mass is 204 g/mol. The Bertz CT molecular complexity index is 473. The number of nitrogens with zero attached hydrogens (tertiary/aromatic N) is 2. The van der Waals surface area contributed by atoms with Crippen LogP contribution in [0.15, 0.2) is 6.07 Å². The highest BCUT2D eigenvalue weighted by atomic mass is 15.3. The molecule has 80 valence electrons. The molecule has 1 aromatic heterocycles. The molecule has 0 atom stereocenters. The zero-order valence-electron chi connectivity index (χ0n) is 9.17. The van der Waals surface area contributed by atoms with Gasteiger partial charge in [0.05, 0.1) is 0 Å². The number of hydrogen-bond acceptors (Lipinski definition) is 3. The summed E-state index contributed by atoms with van der Waals surface area (Å²) in [4.78, 5) is 0. The highest BCUT2D eigenvalue weighted by Gasteiger charge is 2.11. The van der Waals surface area contributed by atoms with E-state index in [9.17, 15) is 0 Å². The number of anilines is 1. The maximum atomic E-state index is 6.12. The van der Waals surface area contributed by atoms with E-state index >= 15 is 0 Å². The van der Waals surface area contributed by atoms with Gasteiger partial charge in [-0.05, 0) is 24.5 Å². The summed E-state index contributed by atoms with van der Waals surface area (Å²) >= 11 is 0. The summed E-state index contributed by atoms with van der Waals surface area (Å²) in [6.07, 6.45) is 2.99. The van der Waals surface area contributed by atoms with Gasteiger partial charge in [0, 0.05) is 11.3 Å². The molecule has 4 nitrogen and oxygen atoms in total. The molecule has 0 amide bonds. The molecule has 1 heterocycles.